The van der Waals surface area contributed by atoms with Gasteiger partial charge in [0.1, 0.15) is 11.6 Å². The van der Waals surface area contributed by atoms with E-state index >= 15 is 0 Å². The predicted molar refractivity (Wildman–Crippen MR) is 45.2 cm³/mol. The molecule has 0 radical (unpaired) electrons. The van der Waals surface area contributed by atoms with Gasteiger partial charge < -0.3 is 0 Å². The quantitative estimate of drug-likeness (QED) is 0.606. The van der Waals surface area contributed by atoms with Crippen molar-refractivity contribution in [3.05, 3.63) is 34.9 Å². The van der Waals surface area contributed by atoms with Crippen molar-refractivity contribution < 1.29 is 8.78 Å². The van der Waals surface area contributed by atoms with E-state index in [2.05, 4.69) is 0 Å². The second-order valence-corrected chi connectivity index (χ2v) is 3.22. The van der Waals surface area contributed by atoms with Crippen molar-refractivity contribution in [3.8, 4) is 0 Å². The van der Waals surface area contributed by atoms with E-state index in [4.69, 9.17) is 0 Å². The third kappa shape index (κ3) is 1.47. The summed E-state index contributed by atoms with van der Waals surface area (Å²) in [6.45, 7) is 5.31. The molecular formula is C10H12F2. The van der Waals surface area contributed by atoms with E-state index in [1.807, 2.05) is 13.8 Å². The van der Waals surface area contributed by atoms with E-state index in [1.165, 1.54) is 6.07 Å². The van der Waals surface area contributed by atoms with Gasteiger partial charge >= 0.3 is 0 Å². The SMILES string of the molecule is Cc1c(F)ccc(F)c1C(C)C. The first-order valence-corrected chi connectivity index (χ1v) is 3.98. The molecule has 0 atom stereocenters. The van der Waals surface area contributed by atoms with Gasteiger partial charge in [-0.2, -0.15) is 0 Å². The second kappa shape index (κ2) is 3.21. The highest BCUT2D eigenvalue weighted by atomic mass is 19.1. The van der Waals surface area contributed by atoms with E-state index < -0.39 is 0 Å². The first-order valence-electron chi connectivity index (χ1n) is 3.98. The molecule has 0 aliphatic carbocycles. The highest BCUT2D eigenvalue weighted by molar-refractivity contribution is 5.31. The molecule has 0 aromatic heterocycles. The van der Waals surface area contributed by atoms with Gasteiger partial charge in [-0.1, -0.05) is 13.8 Å². The van der Waals surface area contributed by atoms with Crippen LogP contribution in [0.4, 0.5) is 8.78 Å². The van der Waals surface area contributed by atoms with Crippen molar-refractivity contribution in [2.45, 2.75) is 26.7 Å². The Bertz CT molecular complexity index is 290. The van der Waals surface area contributed by atoms with Crippen molar-refractivity contribution in [1.29, 1.82) is 0 Å². The smallest absolute Gasteiger partial charge is 0.127 e. The van der Waals surface area contributed by atoms with Crippen LogP contribution in [0.2, 0.25) is 0 Å². The molecular weight excluding hydrogens is 158 g/mol. The highest BCUT2D eigenvalue weighted by Gasteiger charge is 2.12. The van der Waals surface area contributed by atoms with Gasteiger partial charge in [0.25, 0.3) is 0 Å². The molecule has 1 aromatic rings. The zero-order valence-corrected chi connectivity index (χ0v) is 7.49. The third-order valence-corrected chi connectivity index (χ3v) is 1.97. The van der Waals surface area contributed by atoms with Crippen LogP contribution >= 0.6 is 0 Å². The molecule has 0 nitrogen and oxygen atoms in total. The fourth-order valence-corrected chi connectivity index (χ4v) is 1.38. The van der Waals surface area contributed by atoms with Gasteiger partial charge in [-0.05, 0) is 36.1 Å². The minimum Gasteiger partial charge on any atom is -0.207 e. The molecule has 12 heavy (non-hydrogen) atoms. The Hall–Kier alpha value is -0.920. The molecule has 0 saturated carbocycles. The van der Waals surface area contributed by atoms with Gasteiger partial charge in [0.15, 0.2) is 0 Å². The van der Waals surface area contributed by atoms with Gasteiger partial charge in [0, 0.05) is 0 Å². The molecule has 0 amide bonds. The lowest BCUT2D eigenvalue weighted by molar-refractivity contribution is 0.567. The molecule has 0 unspecified atom stereocenters. The molecule has 0 bridgehead atoms. The molecule has 0 aliphatic heterocycles. The number of hydrogen-bond donors (Lipinski definition) is 0. The van der Waals surface area contributed by atoms with E-state index in [9.17, 15) is 8.78 Å². The fraction of sp³-hybridized carbons (Fsp3) is 0.400. The van der Waals surface area contributed by atoms with Crippen LogP contribution in [0.3, 0.4) is 0 Å². The third-order valence-electron chi connectivity index (χ3n) is 1.97. The molecule has 0 saturated heterocycles. The minimum absolute atomic E-state index is 0.0284. The molecule has 1 aromatic carbocycles. The number of hydrogen-bond acceptors (Lipinski definition) is 0. The van der Waals surface area contributed by atoms with Crippen molar-refractivity contribution in [2.75, 3.05) is 0 Å². The average Bonchev–Trinajstić information content (AvgIpc) is 1.97. The minimum atomic E-state index is -0.333. The number of rotatable bonds is 1. The predicted octanol–water partition coefficient (Wildman–Crippen LogP) is 3.40. The molecule has 66 valence electrons. The van der Waals surface area contributed by atoms with Gasteiger partial charge in [0.05, 0.1) is 0 Å². The molecule has 0 fully saturated rings. The lowest BCUT2D eigenvalue weighted by atomic mass is 9.97. The molecule has 0 heterocycles. The van der Waals surface area contributed by atoms with Crippen LogP contribution in [0, 0.1) is 18.6 Å². The molecule has 1 rings (SSSR count). The van der Waals surface area contributed by atoms with Gasteiger partial charge in [-0.15, -0.1) is 0 Å². The maximum absolute atomic E-state index is 13.1. The molecule has 0 spiro atoms. The average molecular weight is 170 g/mol. The summed E-state index contributed by atoms with van der Waals surface area (Å²) in [6.07, 6.45) is 0. The van der Waals surface area contributed by atoms with Gasteiger partial charge in [-0.25, -0.2) is 8.78 Å². The van der Waals surface area contributed by atoms with E-state index in [1.54, 1.807) is 6.92 Å². The second-order valence-electron chi connectivity index (χ2n) is 3.22. The van der Waals surface area contributed by atoms with Crippen LogP contribution in [-0.4, -0.2) is 0 Å². The van der Waals surface area contributed by atoms with Crippen molar-refractivity contribution >= 4 is 0 Å². The summed E-state index contributed by atoms with van der Waals surface area (Å²) in [5, 5.41) is 0. The fourth-order valence-electron chi connectivity index (χ4n) is 1.38. The van der Waals surface area contributed by atoms with Crippen LogP contribution in [0.5, 0.6) is 0 Å². The van der Waals surface area contributed by atoms with Crippen LogP contribution in [0.15, 0.2) is 12.1 Å². The Morgan fingerprint density at radius 1 is 1.08 bits per heavy atom. The van der Waals surface area contributed by atoms with Crippen molar-refractivity contribution in [3.63, 3.8) is 0 Å². The maximum Gasteiger partial charge on any atom is 0.127 e. The summed E-state index contributed by atoms with van der Waals surface area (Å²) in [7, 11) is 0. The topological polar surface area (TPSA) is 0 Å². The standard InChI is InChI=1S/C10H12F2/c1-6(2)10-7(3)8(11)4-5-9(10)12/h4-6H,1-3H3. The van der Waals surface area contributed by atoms with Crippen LogP contribution in [0.25, 0.3) is 0 Å². The normalized spacial score (nSPS) is 10.8. The zero-order chi connectivity index (χ0) is 9.30. The Morgan fingerprint density at radius 2 is 1.58 bits per heavy atom. The summed E-state index contributed by atoms with van der Waals surface area (Å²) >= 11 is 0. The van der Waals surface area contributed by atoms with Crippen LogP contribution < -0.4 is 0 Å². The van der Waals surface area contributed by atoms with Gasteiger partial charge in [0.2, 0.25) is 0 Å². The summed E-state index contributed by atoms with van der Waals surface area (Å²) in [4.78, 5) is 0. The Morgan fingerprint density at radius 3 is 2.00 bits per heavy atom. The largest absolute Gasteiger partial charge is 0.207 e. The molecule has 2 heteroatoms. The van der Waals surface area contributed by atoms with E-state index in [0.29, 0.717) is 11.1 Å². The van der Waals surface area contributed by atoms with E-state index in [0.717, 1.165) is 6.07 Å². The summed E-state index contributed by atoms with van der Waals surface area (Å²) in [5.74, 6) is -0.621. The summed E-state index contributed by atoms with van der Waals surface area (Å²) in [5.41, 5.74) is 0.903. The maximum atomic E-state index is 13.1. The van der Waals surface area contributed by atoms with Crippen molar-refractivity contribution in [1.82, 2.24) is 0 Å². The highest BCUT2D eigenvalue weighted by Crippen LogP contribution is 2.23. The lowest BCUT2D eigenvalue weighted by Crippen LogP contribution is -1.99. The van der Waals surface area contributed by atoms with Crippen molar-refractivity contribution in [2.24, 2.45) is 0 Å². The lowest BCUT2D eigenvalue weighted by Gasteiger charge is -2.10. The Kier molecular flexibility index (Phi) is 2.46. The Labute approximate surface area is 71.2 Å². The first kappa shape index (κ1) is 9.17. The van der Waals surface area contributed by atoms with Gasteiger partial charge in [-0.3, -0.25) is 0 Å². The van der Waals surface area contributed by atoms with E-state index in [-0.39, 0.29) is 17.6 Å². The zero-order valence-electron chi connectivity index (χ0n) is 7.49. The molecule has 0 N–H and O–H groups in total. The Balaban J connectivity index is 3.33. The van der Waals surface area contributed by atoms with Crippen LogP contribution in [-0.2, 0) is 0 Å². The summed E-state index contributed by atoms with van der Waals surface area (Å²) < 4.78 is 26.1. The monoisotopic (exact) mass is 170 g/mol. The van der Waals surface area contributed by atoms with Crippen LogP contribution in [0.1, 0.15) is 30.9 Å². The first-order chi connectivity index (χ1) is 5.54. The number of benzene rings is 1. The summed E-state index contributed by atoms with van der Waals surface area (Å²) in [6, 6.07) is 2.34. The number of halogens is 2. The molecule has 0 aliphatic rings.